The van der Waals surface area contributed by atoms with Crippen molar-refractivity contribution < 1.29 is 35.1 Å². The molecule has 8 aromatic rings. The van der Waals surface area contributed by atoms with Gasteiger partial charge in [-0.2, -0.15) is 35.1 Å². The van der Waals surface area contributed by atoms with Crippen LogP contribution >= 0.6 is 0 Å². The Bertz CT molecular complexity index is 3800. The molecule has 116 heavy (non-hydrogen) atoms. The van der Waals surface area contributed by atoms with Crippen molar-refractivity contribution in [2.75, 3.05) is 0 Å². The minimum absolute atomic E-state index is 0.0708. The summed E-state index contributed by atoms with van der Waals surface area (Å²) in [6, 6.07) is 60.7. The van der Waals surface area contributed by atoms with Gasteiger partial charge in [-0.05, 0) is 221 Å². The number of benzene rings is 8. The number of rotatable bonds is 12. The first-order valence-corrected chi connectivity index (χ1v) is 44.1. The summed E-state index contributed by atoms with van der Waals surface area (Å²) < 4.78 is 101. The van der Waals surface area contributed by atoms with Crippen molar-refractivity contribution in [2.24, 2.45) is 40.9 Å². The summed E-state index contributed by atoms with van der Waals surface area (Å²) in [6.45, 7) is 64.2. The number of alkyl halides is 8. The van der Waals surface area contributed by atoms with Crippen LogP contribution in [0.5, 0.6) is 0 Å². The maximum Gasteiger partial charge on any atom is 0.378 e. The molecule has 0 heterocycles. The van der Waals surface area contributed by atoms with Gasteiger partial charge in [0, 0.05) is 18.3 Å². The van der Waals surface area contributed by atoms with Gasteiger partial charge in [-0.3, -0.25) is 0 Å². The maximum absolute atomic E-state index is 12.7. The van der Waals surface area contributed by atoms with Gasteiger partial charge >= 0.3 is 23.7 Å². The molecular formula is C108H160F8. The van der Waals surface area contributed by atoms with E-state index in [-0.39, 0.29) is 16.2 Å². The first-order valence-electron chi connectivity index (χ1n) is 44.1. The molecule has 0 aliphatic heterocycles. The molecule has 3 aliphatic rings. The van der Waals surface area contributed by atoms with Crippen molar-refractivity contribution in [2.45, 2.75) is 363 Å². The second-order valence-corrected chi connectivity index (χ2v) is 38.0. The van der Waals surface area contributed by atoms with Gasteiger partial charge in [0.05, 0.1) is 0 Å². The summed E-state index contributed by atoms with van der Waals surface area (Å²) in [7, 11) is 0. The fourth-order valence-corrected chi connectivity index (χ4v) is 15.5. The van der Waals surface area contributed by atoms with Crippen LogP contribution in [0.2, 0.25) is 0 Å². The molecule has 0 radical (unpaired) electrons. The molecule has 648 valence electrons. The van der Waals surface area contributed by atoms with E-state index in [0.717, 1.165) is 35.5 Å². The molecule has 8 heteroatoms. The Kier molecular flexibility index (Phi) is 44.8. The van der Waals surface area contributed by atoms with E-state index in [4.69, 9.17) is 0 Å². The highest BCUT2D eigenvalue weighted by atomic mass is 19.4. The zero-order chi connectivity index (χ0) is 88.4. The summed E-state index contributed by atoms with van der Waals surface area (Å²) in [5.74, 6) is -16.5. The number of fused-ring (bicyclic) bond motifs is 1. The fraction of sp³-hybridized carbons (Fsp3) is 0.574. The van der Waals surface area contributed by atoms with Gasteiger partial charge in [0.15, 0.2) is 0 Å². The van der Waals surface area contributed by atoms with Crippen LogP contribution in [0.1, 0.15) is 329 Å². The van der Waals surface area contributed by atoms with Crippen molar-refractivity contribution in [3.05, 3.63) is 259 Å². The second-order valence-electron chi connectivity index (χ2n) is 38.0. The predicted octanol–water partition coefficient (Wildman–Crippen LogP) is 35.3. The molecule has 11 rings (SSSR count). The standard InChI is InChI=1S/C17H32.C17H20.C16H26.C12H12.C8H10F8.2C8H10.C8H16.C8H10.C6H14/c2*1-13-5-9-15(10-6-13)17(3,4)16-11-7-14(2)8-12-16;1-11-9-14(16(6,7)8)12(2)10-13(11)15(3,4)5;1-9-6-7-12-10(2)4-3-5-11(12)8-9;1-3-5(9,10)7(13,14)8(15,16)6(11,12)4-2;1-7-3-5-8(2)6-4-7;1-7-4-3-5-8(2)6-7;2*1-7-5-3-4-6-8(7)2;1-3-5-6-4-2/h13-16H,5-12H2,1-4H3;5-12H,1-4H3;9-10H,1-8H3;3-8H,1-2H3;3-4H2,1-2H3;2*3-6H,1-2H3;7-8H,3-6H2,1-2H3;3-6H,1-2H3;3-6H2,1-2H3. The maximum atomic E-state index is 12.7. The molecule has 8 aromatic carbocycles. The second kappa shape index (κ2) is 49.3. The first-order chi connectivity index (χ1) is 53.8. The van der Waals surface area contributed by atoms with Gasteiger partial charge in [-0.1, -0.05) is 410 Å². The van der Waals surface area contributed by atoms with E-state index >= 15 is 0 Å². The molecule has 0 aromatic heterocycles. The van der Waals surface area contributed by atoms with Crippen molar-refractivity contribution in [3.63, 3.8) is 0 Å². The van der Waals surface area contributed by atoms with Crippen LogP contribution in [-0.2, 0) is 16.2 Å². The Morgan fingerprint density at radius 1 is 0.302 bits per heavy atom. The Morgan fingerprint density at radius 2 is 0.603 bits per heavy atom. The fourth-order valence-electron chi connectivity index (χ4n) is 15.5. The van der Waals surface area contributed by atoms with Gasteiger partial charge in [-0.15, -0.1) is 0 Å². The number of halogens is 8. The van der Waals surface area contributed by atoms with E-state index in [1.807, 2.05) is 0 Å². The third-order valence-corrected chi connectivity index (χ3v) is 24.6. The Balaban J connectivity index is 0.000000445. The summed E-state index contributed by atoms with van der Waals surface area (Å²) in [4.78, 5) is 0. The zero-order valence-corrected chi connectivity index (χ0v) is 78.4. The highest BCUT2D eigenvalue weighted by Gasteiger charge is 2.79. The van der Waals surface area contributed by atoms with Crippen LogP contribution in [0, 0.1) is 124 Å². The molecule has 2 unspecified atom stereocenters. The number of unbranched alkanes of at least 4 members (excludes halogenated alkanes) is 3. The average Bonchev–Trinajstić information content (AvgIpc) is 0.741. The Morgan fingerprint density at radius 3 is 0.888 bits per heavy atom. The van der Waals surface area contributed by atoms with Crippen LogP contribution in [-0.4, -0.2) is 23.7 Å². The van der Waals surface area contributed by atoms with Crippen LogP contribution in [0.3, 0.4) is 0 Å². The number of hydrogen-bond acceptors (Lipinski definition) is 0. The summed E-state index contributed by atoms with van der Waals surface area (Å²) in [5, 5.41) is 2.71. The van der Waals surface area contributed by atoms with Crippen LogP contribution in [0.15, 0.2) is 170 Å². The third kappa shape index (κ3) is 35.0. The van der Waals surface area contributed by atoms with Gasteiger partial charge in [0.1, 0.15) is 0 Å². The highest BCUT2D eigenvalue weighted by molar-refractivity contribution is 5.86. The Hall–Kier alpha value is -6.54. The lowest BCUT2D eigenvalue weighted by Gasteiger charge is -2.46. The normalized spacial score (nSPS) is 17.7. The average molecular weight is 1610 g/mol. The van der Waals surface area contributed by atoms with E-state index in [0.29, 0.717) is 19.3 Å². The summed E-state index contributed by atoms with van der Waals surface area (Å²) >= 11 is 0. The van der Waals surface area contributed by atoms with Crippen molar-refractivity contribution in [1.29, 1.82) is 0 Å². The van der Waals surface area contributed by atoms with Crippen molar-refractivity contribution in [3.8, 4) is 0 Å². The molecule has 0 amide bonds. The first kappa shape index (κ1) is 106. The largest absolute Gasteiger partial charge is 0.378 e. The van der Waals surface area contributed by atoms with E-state index in [2.05, 4.69) is 364 Å². The topological polar surface area (TPSA) is 0 Å². The molecule has 3 saturated carbocycles. The molecule has 0 bridgehead atoms. The molecule has 0 N–H and O–H groups in total. The molecule has 2 atom stereocenters. The third-order valence-electron chi connectivity index (χ3n) is 24.6. The van der Waals surface area contributed by atoms with Gasteiger partial charge in [0.2, 0.25) is 0 Å². The monoisotopic (exact) mass is 1610 g/mol. The van der Waals surface area contributed by atoms with Crippen LogP contribution in [0.25, 0.3) is 10.8 Å². The van der Waals surface area contributed by atoms with E-state index in [1.165, 1.54) is 203 Å². The van der Waals surface area contributed by atoms with E-state index in [1.54, 1.807) is 0 Å². The summed E-state index contributed by atoms with van der Waals surface area (Å²) in [5.41, 5.74) is 23.1. The van der Waals surface area contributed by atoms with Crippen LogP contribution < -0.4 is 0 Å². The lowest BCUT2D eigenvalue weighted by molar-refractivity contribution is -0.366. The quantitative estimate of drug-likeness (QED) is 0.0845. The molecule has 0 spiro atoms. The van der Waals surface area contributed by atoms with Gasteiger partial charge < -0.3 is 0 Å². The zero-order valence-electron chi connectivity index (χ0n) is 78.4. The van der Waals surface area contributed by atoms with Crippen LogP contribution in [0.4, 0.5) is 35.1 Å². The smallest absolute Gasteiger partial charge is 0.200 e. The molecular weight excluding hydrogens is 1450 g/mol. The predicted molar refractivity (Wildman–Crippen MR) is 492 cm³/mol. The minimum atomic E-state index is -6.09. The lowest BCUT2D eigenvalue weighted by atomic mass is 9.59. The number of hydrogen-bond donors (Lipinski definition) is 0. The van der Waals surface area contributed by atoms with Gasteiger partial charge in [0.25, 0.3) is 0 Å². The molecule has 0 nitrogen and oxygen atoms in total. The van der Waals surface area contributed by atoms with E-state index in [9.17, 15) is 35.1 Å². The number of aryl methyl sites for hydroxylation is 12. The molecule has 3 aliphatic carbocycles. The van der Waals surface area contributed by atoms with Crippen molar-refractivity contribution >= 4 is 10.8 Å². The van der Waals surface area contributed by atoms with Crippen molar-refractivity contribution in [1.82, 2.24) is 0 Å². The summed E-state index contributed by atoms with van der Waals surface area (Å²) in [6.07, 6.45) is 20.1. The Labute approximate surface area is 704 Å². The van der Waals surface area contributed by atoms with Gasteiger partial charge in [-0.25, -0.2) is 0 Å². The molecule has 0 saturated heterocycles. The molecule has 3 fully saturated rings. The lowest BCUT2D eigenvalue weighted by Crippen LogP contribution is -2.61. The highest BCUT2D eigenvalue weighted by Crippen LogP contribution is 2.55. The van der Waals surface area contributed by atoms with E-state index < -0.39 is 36.5 Å². The minimum Gasteiger partial charge on any atom is -0.200 e. The SMILES string of the molecule is CC1CCC(C(C)(C)C2CCC(C)CC2)CC1.CC1CCCCC1C.CCC(F)(F)C(F)(F)C(F)(F)C(F)(F)CC.CCCCCC.Cc1cc(C(C)(C)C)c(C)cc1C(C)(C)C.Cc1ccc(C(C)(C)c2ccc(C)cc2)cc1.Cc1ccc(C)cc1.Cc1ccc2c(C)cccc2c1.Cc1cccc(C)c1.Cc1ccccc1C.